The number of rotatable bonds is 7. The third kappa shape index (κ3) is 5.99. The van der Waals surface area contributed by atoms with Crippen LogP contribution in [0.25, 0.3) is 6.08 Å². The van der Waals surface area contributed by atoms with E-state index in [4.69, 9.17) is 9.47 Å². The molecule has 0 aliphatic carbocycles. The average molecular weight is 367 g/mol. The van der Waals surface area contributed by atoms with E-state index in [-0.39, 0.29) is 5.91 Å². The number of esters is 1. The van der Waals surface area contributed by atoms with Crippen molar-refractivity contribution in [2.75, 3.05) is 11.9 Å². The first-order valence-corrected chi connectivity index (χ1v) is 8.89. The van der Waals surface area contributed by atoms with E-state index >= 15 is 0 Å². The smallest absolute Gasteiger partial charge is 0.331 e. The lowest BCUT2D eigenvalue weighted by Crippen LogP contribution is -2.29. The first-order chi connectivity index (χ1) is 12.9. The highest BCUT2D eigenvalue weighted by molar-refractivity contribution is 5.97. The van der Waals surface area contributed by atoms with Crippen LogP contribution in [0, 0.1) is 13.8 Å². The van der Waals surface area contributed by atoms with Gasteiger partial charge in [0.05, 0.1) is 6.61 Å². The highest BCUT2D eigenvalue weighted by Gasteiger charge is 2.17. The summed E-state index contributed by atoms with van der Waals surface area (Å²) >= 11 is 0. The molecule has 142 valence electrons. The summed E-state index contributed by atoms with van der Waals surface area (Å²) in [6, 6.07) is 13.2. The summed E-state index contributed by atoms with van der Waals surface area (Å²) in [5.74, 6) is -0.283. The molecule has 0 heterocycles. The number of amides is 1. The first kappa shape index (κ1) is 20.2. The van der Waals surface area contributed by atoms with Gasteiger partial charge in [-0.15, -0.1) is 0 Å². The van der Waals surface area contributed by atoms with E-state index in [0.717, 1.165) is 16.7 Å². The summed E-state index contributed by atoms with van der Waals surface area (Å²) in [5.41, 5.74) is 3.46. The van der Waals surface area contributed by atoms with E-state index in [1.807, 2.05) is 63.2 Å². The van der Waals surface area contributed by atoms with Crippen molar-refractivity contribution in [1.82, 2.24) is 0 Å². The van der Waals surface area contributed by atoms with Gasteiger partial charge in [0.1, 0.15) is 5.75 Å². The van der Waals surface area contributed by atoms with Crippen molar-refractivity contribution in [2.24, 2.45) is 0 Å². The molecular formula is C22H25NO4. The van der Waals surface area contributed by atoms with Crippen LogP contribution < -0.4 is 10.1 Å². The monoisotopic (exact) mass is 367 g/mol. The standard InChI is InChI=1S/C22H25NO4/c1-5-26-20-9-7-6-8-18(20)12-13-21(24)27-17(4)22(25)23-19-14-15(2)10-11-16(19)3/h6-14,17H,5H2,1-4H3,(H,23,25)/b13-12+/t17-/m0/s1. The molecule has 2 aromatic rings. The predicted octanol–water partition coefficient (Wildman–Crippen LogP) is 4.29. The van der Waals surface area contributed by atoms with Crippen LogP contribution in [0.1, 0.15) is 30.5 Å². The molecule has 0 saturated heterocycles. The molecule has 1 amide bonds. The number of para-hydroxylation sites is 1. The Kier molecular flexibility index (Phi) is 7.17. The molecule has 5 nitrogen and oxygen atoms in total. The predicted molar refractivity (Wildman–Crippen MR) is 107 cm³/mol. The molecule has 0 unspecified atom stereocenters. The summed E-state index contributed by atoms with van der Waals surface area (Å²) in [5, 5.41) is 2.80. The fourth-order valence-corrected chi connectivity index (χ4v) is 2.43. The molecule has 0 saturated carbocycles. The van der Waals surface area contributed by atoms with Crippen molar-refractivity contribution >= 4 is 23.6 Å². The van der Waals surface area contributed by atoms with Crippen molar-refractivity contribution in [3.05, 3.63) is 65.2 Å². The maximum Gasteiger partial charge on any atom is 0.331 e. The third-order valence-electron chi connectivity index (χ3n) is 3.93. The third-order valence-corrected chi connectivity index (χ3v) is 3.93. The largest absolute Gasteiger partial charge is 0.493 e. The molecule has 2 aromatic carbocycles. The molecular weight excluding hydrogens is 342 g/mol. The zero-order chi connectivity index (χ0) is 19.8. The number of nitrogens with one attached hydrogen (secondary N) is 1. The van der Waals surface area contributed by atoms with Crippen LogP contribution >= 0.6 is 0 Å². The minimum atomic E-state index is -0.913. The molecule has 0 spiro atoms. The van der Waals surface area contributed by atoms with Gasteiger partial charge in [0.25, 0.3) is 5.91 Å². The second-order valence-corrected chi connectivity index (χ2v) is 6.19. The molecule has 5 heteroatoms. The maximum absolute atomic E-state index is 12.3. The Labute approximate surface area is 160 Å². The van der Waals surface area contributed by atoms with Crippen molar-refractivity contribution in [3.8, 4) is 5.75 Å². The van der Waals surface area contributed by atoms with E-state index in [0.29, 0.717) is 18.0 Å². The molecule has 0 fully saturated rings. The SMILES string of the molecule is CCOc1ccccc1/C=C/C(=O)O[C@@H](C)C(=O)Nc1cc(C)ccc1C. The van der Waals surface area contributed by atoms with Crippen molar-refractivity contribution in [1.29, 1.82) is 0 Å². The van der Waals surface area contributed by atoms with Gasteiger partial charge in [-0.05, 0) is 57.0 Å². The van der Waals surface area contributed by atoms with Crippen LogP contribution in [0.15, 0.2) is 48.5 Å². The summed E-state index contributed by atoms with van der Waals surface area (Å²) < 4.78 is 10.7. The molecule has 0 aromatic heterocycles. The lowest BCUT2D eigenvalue weighted by Gasteiger charge is -2.14. The Bertz CT molecular complexity index is 842. The van der Waals surface area contributed by atoms with Crippen LogP contribution in [0.2, 0.25) is 0 Å². The fraction of sp³-hybridized carbons (Fsp3) is 0.273. The van der Waals surface area contributed by atoms with Gasteiger partial charge < -0.3 is 14.8 Å². The van der Waals surface area contributed by atoms with E-state index in [1.54, 1.807) is 13.0 Å². The number of hydrogen-bond donors (Lipinski definition) is 1. The van der Waals surface area contributed by atoms with Crippen LogP contribution in [-0.2, 0) is 14.3 Å². The fourth-order valence-electron chi connectivity index (χ4n) is 2.43. The second-order valence-electron chi connectivity index (χ2n) is 6.19. The number of benzene rings is 2. The quantitative estimate of drug-likeness (QED) is 0.586. The summed E-state index contributed by atoms with van der Waals surface area (Å²) in [6.45, 7) is 7.82. The van der Waals surface area contributed by atoms with Crippen LogP contribution in [-0.4, -0.2) is 24.6 Å². The summed E-state index contributed by atoms with van der Waals surface area (Å²) in [7, 11) is 0. The lowest BCUT2D eigenvalue weighted by atomic mass is 10.1. The Hall–Kier alpha value is -3.08. The number of ether oxygens (including phenoxy) is 2. The summed E-state index contributed by atoms with van der Waals surface area (Å²) in [6.07, 6.45) is 1.99. The van der Waals surface area contributed by atoms with Gasteiger partial charge in [-0.3, -0.25) is 4.79 Å². The number of carbonyl (C=O) groups excluding carboxylic acids is 2. The molecule has 1 atom stereocenters. The van der Waals surface area contributed by atoms with Crippen LogP contribution in [0.4, 0.5) is 5.69 Å². The van der Waals surface area contributed by atoms with Gasteiger partial charge in [0.15, 0.2) is 6.10 Å². The van der Waals surface area contributed by atoms with E-state index in [1.165, 1.54) is 6.08 Å². The maximum atomic E-state index is 12.3. The minimum Gasteiger partial charge on any atom is -0.493 e. The van der Waals surface area contributed by atoms with E-state index < -0.39 is 12.1 Å². The topological polar surface area (TPSA) is 64.6 Å². The normalized spacial score (nSPS) is 11.9. The van der Waals surface area contributed by atoms with Crippen molar-refractivity contribution < 1.29 is 19.1 Å². The van der Waals surface area contributed by atoms with Gasteiger partial charge in [-0.25, -0.2) is 4.79 Å². The number of hydrogen-bond acceptors (Lipinski definition) is 4. The molecule has 27 heavy (non-hydrogen) atoms. The van der Waals surface area contributed by atoms with Gasteiger partial charge in [-0.1, -0.05) is 30.3 Å². The minimum absolute atomic E-state index is 0.375. The first-order valence-electron chi connectivity index (χ1n) is 8.89. The molecule has 2 rings (SSSR count). The number of aryl methyl sites for hydroxylation is 2. The zero-order valence-electron chi connectivity index (χ0n) is 16.1. The van der Waals surface area contributed by atoms with Gasteiger partial charge in [0.2, 0.25) is 0 Å². The van der Waals surface area contributed by atoms with Crippen molar-refractivity contribution in [3.63, 3.8) is 0 Å². The average Bonchev–Trinajstić information content (AvgIpc) is 2.64. The van der Waals surface area contributed by atoms with E-state index in [2.05, 4.69) is 5.32 Å². The Morgan fingerprint density at radius 3 is 2.63 bits per heavy atom. The van der Waals surface area contributed by atoms with Gasteiger partial charge in [0, 0.05) is 17.3 Å². The number of anilines is 1. The van der Waals surface area contributed by atoms with Crippen LogP contribution in [0.5, 0.6) is 5.75 Å². The zero-order valence-corrected chi connectivity index (χ0v) is 16.1. The molecule has 0 bridgehead atoms. The molecule has 0 radical (unpaired) electrons. The highest BCUT2D eigenvalue weighted by atomic mass is 16.5. The Morgan fingerprint density at radius 1 is 1.15 bits per heavy atom. The van der Waals surface area contributed by atoms with E-state index in [9.17, 15) is 9.59 Å². The Morgan fingerprint density at radius 2 is 1.89 bits per heavy atom. The van der Waals surface area contributed by atoms with Gasteiger partial charge >= 0.3 is 5.97 Å². The Balaban J connectivity index is 1.96. The second kappa shape index (κ2) is 9.57. The lowest BCUT2D eigenvalue weighted by molar-refractivity contribution is -0.148. The summed E-state index contributed by atoms with van der Waals surface area (Å²) in [4.78, 5) is 24.3. The number of carbonyl (C=O) groups is 2. The molecule has 1 N–H and O–H groups in total. The molecule has 0 aliphatic rings. The highest BCUT2D eigenvalue weighted by Crippen LogP contribution is 2.20. The molecule has 0 aliphatic heterocycles. The van der Waals surface area contributed by atoms with Crippen molar-refractivity contribution in [2.45, 2.75) is 33.8 Å². The van der Waals surface area contributed by atoms with Crippen LogP contribution in [0.3, 0.4) is 0 Å². The van der Waals surface area contributed by atoms with Gasteiger partial charge in [-0.2, -0.15) is 0 Å².